The van der Waals surface area contributed by atoms with E-state index in [1.807, 2.05) is 24.3 Å². The SMILES string of the molecule is CCc1ccccc1N1C[C@H](C(=O)Nc2ccc(Oc3ccc(Cl)cc3)cc2)CC1=O. The van der Waals surface area contributed by atoms with Crippen LogP contribution in [-0.4, -0.2) is 18.4 Å². The molecular weight excluding hydrogens is 412 g/mol. The maximum absolute atomic E-state index is 12.8. The first kappa shape index (κ1) is 20.9. The molecule has 1 N–H and O–H groups in total. The molecule has 0 radical (unpaired) electrons. The fraction of sp³-hybridized carbons (Fsp3) is 0.200. The molecule has 1 heterocycles. The third-order valence-corrected chi connectivity index (χ3v) is 5.58. The van der Waals surface area contributed by atoms with Gasteiger partial charge in [0, 0.05) is 29.4 Å². The molecule has 3 aromatic carbocycles. The molecule has 0 unspecified atom stereocenters. The molecule has 1 aliphatic heterocycles. The summed E-state index contributed by atoms with van der Waals surface area (Å²) in [5, 5.41) is 3.56. The molecule has 1 saturated heterocycles. The van der Waals surface area contributed by atoms with E-state index in [0.29, 0.717) is 28.8 Å². The van der Waals surface area contributed by atoms with Crippen molar-refractivity contribution < 1.29 is 14.3 Å². The van der Waals surface area contributed by atoms with Crippen molar-refractivity contribution >= 4 is 34.8 Å². The number of anilines is 2. The van der Waals surface area contributed by atoms with Crippen molar-refractivity contribution in [3.63, 3.8) is 0 Å². The topological polar surface area (TPSA) is 58.6 Å². The van der Waals surface area contributed by atoms with Crippen molar-refractivity contribution in [1.29, 1.82) is 0 Å². The summed E-state index contributed by atoms with van der Waals surface area (Å²) in [5.41, 5.74) is 2.66. The molecule has 2 amide bonds. The predicted octanol–water partition coefficient (Wildman–Crippen LogP) is 5.69. The fourth-order valence-electron chi connectivity index (χ4n) is 3.68. The first-order chi connectivity index (χ1) is 15.0. The van der Waals surface area contributed by atoms with Gasteiger partial charge >= 0.3 is 0 Å². The Morgan fingerprint density at radius 1 is 1.03 bits per heavy atom. The maximum Gasteiger partial charge on any atom is 0.229 e. The second kappa shape index (κ2) is 9.23. The molecule has 4 rings (SSSR count). The van der Waals surface area contributed by atoms with Crippen LogP contribution in [-0.2, 0) is 16.0 Å². The number of amides is 2. The number of hydrogen-bond acceptors (Lipinski definition) is 3. The summed E-state index contributed by atoms with van der Waals surface area (Å²) in [7, 11) is 0. The summed E-state index contributed by atoms with van der Waals surface area (Å²) in [6.07, 6.45) is 1.04. The molecule has 0 bridgehead atoms. The molecule has 6 heteroatoms. The van der Waals surface area contributed by atoms with Crippen LogP contribution >= 0.6 is 11.6 Å². The summed E-state index contributed by atoms with van der Waals surface area (Å²) in [5.74, 6) is 0.767. The van der Waals surface area contributed by atoms with Crippen molar-refractivity contribution in [2.24, 2.45) is 5.92 Å². The van der Waals surface area contributed by atoms with Gasteiger partial charge in [0.25, 0.3) is 0 Å². The number of rotatable bonds is 6. The molecule has 3 aromatic rings. The van der Waals surface area contributed by atoms with E-state index < -0.39 is 0 Å². The summed E-state index contributed by atoms with van der Waals surface area (Å²) in [4.78, 5) is 27.1. The van der Waals surface area contributed by atoms with E-state index in [0.717, 1.165) is 17.7 Å². The number of ether oxygens (including phenoxy) is 1. The molecule has 0 aromatic heterocycles. The lowest BCUT2D eigenvalue weighted by molar-refractivity contribution is -0.122. The number of para-hydroxylation sites is 1. The molecule has 0 saturated carbocycles. The van der Waals surface area contributed by atoms with Crippen LogP contribution in [0.4, 0.5) is 11.4 Å². The largest absolute Gasteiger partial charge is 0.457 e. The number of hydrogen-bond donors (Lipinski definition) is 1. The standard InChI is InChI=1S/C25H23ClN2O3/c1-2-17-5-3-4-6-23(17)28-16-18(15-24(28)29)25(30)27-20-9-13-22(14-10-20)31-21-11-7-19(26)8-12-21/h3-14,18H,2,15-16H2,1H3,(H,27,30)/t18-/m1/s1. The minimum Gasteiger partial charge on any atom is -0.457 e. The average molecular weight is 435 g/mol. The van der Waals surface area contributed by atoms with Crippen LogP contribution < -0.4 is 15.0 Å². The lowest BCUT2D eigenvalue weighted by Gasteiger charge is -2.20. The van der Waals surface area contributed by atoms with E-state index in [2.05, 4.69) is 12.2 Å². The van der Waals surface area contributed by atoms with E-state index in [4.69, 9.17) is 16.3 Å². The second-order valence-corrected chi connectivity index (χ2v) is 7.89. The lowest BCUT2D eigenvalue weighted by atomic mass is 10.1. The van der Waals surface area contributed by atoms with Gasteiger partial charge in [-0.15, -0.1) is 0 Å². The second-order valence-electron chi connectivity index (χ2n) is 7.46. The average Bonchev–Trinajstić information content (AvgIpc) is 3.18. The molecule has 5 nitrogen and oxygen atoms in total. The highest BCUT2D eigenvalue weighted by molar-refractivity contribution is 6.30. The smallest absolute Gasteiger partial charge is 0.229 e. The van der Waals surface area contributed by atoms with E-state index >= 15 is 0 Å². The van der Waals surface area contributed by atoms with Crippen LogP contribution in [0.25, 0.3) is 0 Å². The van der Waals surface area contributed by atoms with Gasteiger partial charge in [-0.1, -0.05) is 36.7 Å². The van der Waals surface area contributed by atoms with Crippen molar-refractivity contribution in [2.75, 3.05) is 16.8 Å². The lowest BCUT2D eigenvalue weighted by Crippen LogP contribution is -2.28. The van der Waals surface area contributed by atoms with Crippen LogP contribution in [0.15, 0.2) is 72.8 Å². The molecule has 1 atom stereocenters. The van der Waals surface area contributed by atoms with Crippen molar-refractivity contribution in [3.05, 3.63) is 83.4 Å². The molecule has 1 fully saturated rings. The van der Waals surface area contributed by atoms with E-state index in [9.17, 15) is 9.59 Å². The van der Waals surface area contributed by atoms with E-state index in [1.165, 1.54) is 0 Å². The van der Waals surface area contributed by atoms with Gasteiger partial charge in [-0.2, -0.15) is 0 Å². The first-order valence-corrected chi connectivity index (χ1v) is 10.6. The Morgan fingerprint density at radius 3 is 2.35 bits per heavy atom. The Hall–Kier alpha value is -3.31. The van der Waals surface area contributed by atoms with Crippen molar-refractivity contribution in [1.82, 2.24) is 0 Å². The monoisotopic (exact) mass is 434 g/mol. The number of benzene rings is 3. The van der Waals surface area contributed by atoms with Gasteiger partial charge in [-0.3, -0.25) is 9.59 Å². The normalized spacial score (nSPS) is 15.7. The Morgan fingerprint density at radius 2 is 1.68 bits per heavy atom. The van der Waals surface area contributed by atoms with E-state index in [1.54, 1.807) is 53.4 Å². The number of nitrogens with one attached hydrogen (secondary N) is 1. The van der Waals surface area contributed by atoms with Gasteiger partial charge < -0.3 is 15.0 Å². The highest BCUT2D eigenvalue weighted by Gasteiger charge is 2.35. The van der Waals surface area contributed by atoms with Gasteiger partial charge in [0.15, 0.2) is 0 Å². The number of halogens is 1. The molecule has 0 aliphatic carbocycles. The molecule has 0 spiro atoms. The van der Waals surface area contributed by atoms with Crippen molar-refractivity contribution in [3.8, 4) is 11.5 Å². The van der Waals surface area contributed by atoms with Crippen LogP contribution in [0.3, 0.4) is 0 Å². The number of carbonyl (C=O) groups is 2. The van der Waals surface area contributed by atoms with Gasteiger partial charge in [-0.25, -0.2) is 0 Å². The predicted molar refractivity (Wildman–Crippen MR) is 123 cm³/mol. The van der Waals surface area contributed by atoms with Gasteiger partial charge in [0.05, 0.1) is 5.92 Å². The highest BCUT2D eigenvalue weighted by atomic mass is 35.5. The van der Waals surface area contributed by atoms with Gasteiger partial charge in [0.2, 0.25) is 11.8 Å². The highest BCUT2D eigenvalue weighted by Crippen LogP contribution is 2.30. The Labute approximate surface area is 186 Å². The number of nitrogens with zero attached hydrogens (tertiary/aromatic N) is 1. The quantitative estimate of drug-likeness (QED) is 0.542. The summed E-state index contributed by atoms with van der Waals surface area (Å²) in [6.45, 7) is 2.45. The molecular formula is C25H23ClN2O3. The van der Waals surface area contributed by atoms with Crippen LogP contribution in [0.2, 0.25) is 5.02 Å². The fourth-order valence-corrected chi connectivity index (χ4v) is 3.80. The zero-order chi connectivity index (χ0) is 21.8. The van der Waals surface area contributed by atoms with Crippen molar-refractivity contribution in [2.45, 2.75) is 19.8 Å². The first-order valence-electron chi connectivity index (χ1n) is 10.3. The third-order valence-electron chi connectivity index (χ3n) is 5.33. The van der Waals surface area contributed by atoms with Gasteiger partial charge in [0.1, 0.15) is 11.5 Å². The third kappa shape index (κ3) is 4.89. The molecule has 158 valence electrons. The zero-order valence-electron chi connectivity index (χ0n) is 17.2. The summed E-state index contributed by atoms with van der Waals surface area (Å²) >= 11 is 5.89. The number of aryl methyl sites for hydroxylation is 1. The minimum absolute atomic E-state index is 0.0206. The van der Waals surface area contributed by atoms with Crippen LogP contribution in [0.1, 0.15) is 18.9 Å². The van der Waals surface area contributed by atoms with Crippen LogP contribution in [0.5, 0.6) is 11.5 Å². The Balaban J connectivity index is 1.38. The minimum atomic E-state index is -0.387. The Bertz CT molecular complexity index is 1080. The molecule has 31 heavy (non-hydrogen) atoms. The molecule has 1 aliphatic rings. The van der Waals surface area contributed by atoms with Crippen LogP contribution in [0, 0.1) is 5.92 Å². The maximum atomic E-state index is 12.8. The zero-order valence-corrected chi connectivity index (χ0v) is 17.9. The summed E-state index contributed by atoms with van der Waals surface area (Å²) < 4.78 is 5.77. The van der Waals surface area contributed by atoms with Gasteiger partial charge in [-0.05, 0) is 66.6 Å². The number of carbonyl (C=O) groups excluding carboxylic acids is 2. The Kier molecular flexibility index (Phi) is 6.23. The summed E-state index contributed by atoms with van der Waals surface area (Å²) in [6, 6.07) is 22.1. The van der Waals surface area contributed by atoms with E-state index in [-0.39, 0.29) is 24.2 Å².